The zero-order valence-corrected chi connectivity index (χ0v) is 20.6. The molecule has 0 radical (unpaired) electrons. The molecule has 0 heterocycles. The molecule has 5 nitrogen and oxygen atoms in total. The van der Waals surface area contributed by atoms with Crippen molar-refractivity contribution in [1.82, 2.24) is 5.32 Å². The van der Waals surface area contributed by atoms with Crippen LogP contribution < -0.4 is 14.8 Å². The third kappa shape index (κ3) is 9.09. The molecule has 2 rings (SSSR count). The first-order chi connectivity index (χ1) is 14.4. The smallest absolute Gasteiger partial charge is 0.161 e. The van der Waals surface area contributed by atoms with Crippen molar-refractivity contribution in [3.63, 3.8) is 0 Å². The summed E-state index contributed by atoms with van der Waals surface area (Å²) in [6.45, 7) is 6.88. The predicted octanol–water partition coefficient (Wildman–Crippen LogP) is 4.47. The molecule has 0 spiro atoms. The number of methoxy groups -OCH3 is 1. The van der Waals surface area contributed by atoms with Crippen molar-refractivity contribution in [1.29, 1.82) is 0 Å². The minimum Gasteiger partial charge on any atom is -0.493 e. The summed E-state index contributed by atoms with van der Waals surface area (Å²) in [7, 11) is -1.51. The van der Waals surface area contributed by atoms with Gasteiger partial charge in [0.05, 0.1) is 24.7 Å². The van der Waals surface area contributed by atoms with Crippen LogP contribution >= 0.6 is 12.4 Å². The Morgan fingerprint density at radius 1 is 1.00 bits per heavy atom. The standard InChI is InChI=1S/C24H35NO4S.ClH/c1-5-14-25-22(18-30(26,27)19(2)3)16-21-11-12-23(28-4)24(17-21)29-15-13-20-9-7-6-8-10-20;/h6-12,17,19,22,25H,5,13-16,18H2,1-4H3;1H. The third-order valence-electron chi connectivity index (χ3n) is 5.04. The van der Waals surface area contributed by atoms with E-state index < -0.39 is 9.84 Å². The van der Waals surface area contributed by atoms with E-state index in [4.69, 9.17) is 9.47 Å². The van der Waals surface area contributed by atoms with Gasteiger partial charge >= 0.3 is 0 Å². The second kappa shape index (κ2) is 13.6. The lowest BCUT2D eigenvalue weighted by Gasteiger charge is -2.21. The van der Waals surface area contributed by atoms with Gasteiger partial charge < -0.3 is 14.8 Å². The molecular formula is C24H36ClNO4S. The zero-order chi connectivity index (χ0) is 22.0. The number of benzene rings is 2. The van der Waals surface area contributed by atoms with Crippen LogP contribution in [-0.2, 0) is 22.7 Å². The molecule has 7 heteroatoms. The van der Waals surface area contributed by atoms with E-state index in [9.17, 15) is 8.42 Å². The van der Waals surface area contributed by atoms with Gasteiger partial charge in [0, 0.05) is 12.5 Å². The molecule has 2 aromatic rings. The first kappa shape index (κ1) is 27.3. The van der Waals surface area contributed by atoms with E-state index in [1.165, 1.54) is 5.56 Å². The van der Waals surface area contributed by atoms with Crippen molar-refractivity contribution in [2.75, 3.05) is 26.0 Å². The second-order valence-corrected chi connectivity index (χ2v) is 10.4. The molecule has 0 aliphatic heterocycles. The molecule has 1 unspecified atom stereocenters. The van der Waals surface area contributed by atoms with E-state index in [2.05, 4.69) is 24.4 Å². The highest BCUT2D eigenvalue weighted by molar-refractivity contribution is 7.92. The van der Waals surface area contributed by atoms with Crippen LogP contribution in [0, 0.1) is 0 Å². The number of sulfone groups is 1. The molecule has 0 bridgehead atoms. The number of hydrogen-bond acceptors (Lipinski definition) is 5. The van der Waals surface area contributed by atoms with Gasteiger partial charge in [0.1, 0.15) is 0 Å². The molecule has 174 valence electrons. The molecule has 0 aromatic heterocycles. The molecule has 0 aliphatic rings. The van der Waals surface area contributed by atoms with Crippen molar-refractivity contribution in [2.45, 2.75) is 51.3 Å². The van der Waals surface area contributed by atoms with E-state index in [1.54, 1.807) is 21.0 Å². The lowest BCUT2D eigenvalue weighted by Crippen LogP contribution is -2.39. The van der Waals surface area contributed by atoms with Gasteiger partial charge in [-0.15, -0.1) is 12.4 Å². The lowest BCUT2D eigenvalue weighted by atomic mass is 10.1. The quantitative estimate of drug-likeness (QED) is 0.468. The Bertz CT molecular complexity index is 872. The van der Waals surface area contributed by atoms with Gasteiger partial charge in [-0.05, 0) is 56.5 Å². The first-order valence-electron chi connectivity index (χ1n) is 10.6. The highest BCUT2D eigenvalue weighted by Crippen LogP contribution is 2.29. The van der Waals surface area contributed by atoms with E-state index in [-0.39, 0.29) is 29.5 Å². The Hall–Kier alpha value is -1.76. The van der Waals surface area contributed by atoms with Crippen molar-refractivity contribution in [3.8, 4) is 11.5 Å². The average Bonchev–Trinajstić information content (AvgIpc) is 2.72. The summed E-state index contributed by atoms with van der Waals surface area (Å²) in [6.07, 6.45) is 2.38. The lowest BCUT2D eigenvalue weighted by molar-refractivity contribution is 0.297. The highest BCUT2D eigenvalue weighted by atomic mass is 35.5. The van der Waals surface area contributed by atoms with Crippen LogP contribution in [0.15, 0.2) is 48.5 Å². The molecule has 0 fully saturated rings. The molecule has 0 amide bonds. The summed E-state index contributed by atoms with van der Waals surface area (Å²) in [4.78, 5) is 0. The minimum absolute atomic E-state index is 0. The Kier molecular flexibility index (Phi) is 12.0. The van der Waals surface area contributed by atoms with Crippen LogP contribution in [0.5, 0.6) is 11.5 Å². The second-order valence-electron chi connectivity index (χ2n) is 7.80. The van der Waals surface area contributed by atoms with E-state index in [0.717, 1.165) is 24.9 Å². The average molecular weight is 470 g/mol. The van der Waals surface area contributed by atoms with E-state index in [0.29, 0.717) is 24.5 Å². The van der Waals surface area contributed by atoms with Gasteiger partial charge in [-0.1, -0.05) is 43.3 Å². The third-order valence-corrected chi connectivity index (χ3v) is 7.34. The molecule has 1 atom stereocenters. The fourth-order valence-corrected chi connectivity index (χ4v) is 4.36. The van der Waals surface area contributed by atoms with Gasteiger partial charge in [-0.25, -0.2) is 8.42 Å². The fraction of sp³-hybridized carbons (Fsp3) is 0.500. The number of nitrogens with one attached hydrogen (secondary N) is 1. The number of rotatable bonds is 13. The Morgan fingerprint density at radius 3 is 2.32 bits per heavy atom. The van der Waals surface area contributed by atoms with Gasteiger partial charge in [0.2, 0.25) is 0 Å². The van der Waals surface area contributed by atoms with Crippen LogP contribution in [0.1, 0.15) is 38.3 Å². The summed E-state index contributed by atoms with van der Waals surface area (Å²) in [5.41, 5.74) is 2.24. The largest absolute Gasteiger partial charge is 0.493 e. The van der Waals surface area contributed by atoms with Crippen molar-refractivity contribution >= 4 is 22.2 Å². The number of hydrogen-bond donors (Lipinski definition) is 1. The molecule has 0 aliphatic carbocycles. The maximum absolute atomic E-state index is 12.5. The van der Waals surface area contributed by atoms with Gasteiger partial charge in [0.15, 0.2) is 21.3 Å². The fourth-order valence-electron chi connectivity index (χ4n) is 3.18. The Balaban J connectivity index is 0.00000480. The van der Waals surface area contributed by atoms with Crippen LogP contribution in [0.4, 0.5) is 0 Å². The molecule has 31 heavy (non-hydrogen) atoms. The molecule has 0 saturated carbocycles. The van der Waals surface area contributed by atoms with Crippen molar-refractivity contribution < 1.29 is 17.9 Å². The summed E-state index contributed by atoms with van der Waals surface area (Å²) in [5.74, 6) is 1.49. The summed E-state index contributed by atoms with van der Waals surface area (Å²) >= 11 is 0. The van der Waals surface area contributed by atoms with Crippen LogP contribution in [0.3, 0.4) is 0 Å². The number of halogens is 1. The zero-order valence-electron chi connectivity index (χ0n) is 19.0. The highest BCUT2D eigenvalue weighted by Gasteiger charge is 2.23. The predicted molar refractivity (Wildman–Crippen MR) is 131 cm³/mol. The Morgan fingerprint density at radius 2 is 1.71 bits per heavy atom. The summed E-state index contributed by atoms with van der Waals surface area (Å²) in [6, 6.07) is 15.9. The van der Waals surface area contributed by atoms with E-state index >= 15 is 0 Å². The number of ether oxygens (including phenoxy) is 2. The summed E-state index contributed by atoms with van der Waals surface area (Å²) in [5, 5.41) is 3.01. The van der Waals surface area contributed by atoms with Gasteiger partial charge in [0.25, 0.3) is 0 Å². The normalized spacial score (nSPS) is 12.3. The van der Waals surface area contributed by atoms with Crippen molar-refractivity contribution in [2.24, 2.45) is 0 Å². The van der Waals surface area contributed by atoms with Crippen LogP contribution in [-0.4, -0.2) is 45.7 Å². The molecule has 1 N–H and O–H groups in total. The SMILES string of the molecule is CCCNC(Cc1ccc(OC)c(OCCc2ccccc2)c1)CS(=O)(=O)C(C)C.Cl. The minimum atomic E-state index is -3.13. The Labute approximate surface area is 193 Å². The maximum atomic E-state index is 12.5. The monoisotopic (exact) mass is 469 g/mol. The van der Waals surface area contributed by atoms with Crippen molar-refractivity contribution in [3.05, 3.63) is 59.7 Å². The molecular weight excluding hydrogens is 434 g/mol. The van der Waals surface area contributed by atoms with Gasteiger partial charge in [-0.3, -0.25) is 0 Å². The van der Waals surface area contributed by atoms with Gasteiger partial charge in [-0.2, -0.15) is 0 Å². The topological polar surface area (TPSA) is 64.6 Å². The van der Waals surface area contributed by atoms with E-state index in [1.807, 2.05) is 36.4 Å². The maximum Gasteiger partial charge on any atom is 0.161 e. The summed E-state index contributed by atoms with van der Waals surface area (Å²) < 4.78 is 36.4. The molecule has 0 saturated heterocycles. The molecule has 2 aromatic carbocycles. The van der Waals surface area contributed by atoms with Crippen LogP contribution in [0.25, 0.3) is 0 Å². The van der Waals surface area contributed by atoms with Crippen LogP contribution in [0.2, 0.25) is 0 Å². The first-order valence-corrected chi connectivity index (χ1v) is 12.4.